The number of aromatic nitrogens is 3. The highest BCUT2D eigenvalue weighted by atomic mass is 32.1. The molecule has 2 aromatic carbocycles. The summed E-state index contributed by atoms with van der Waals surface area (Å²) in [5.74, 6) is -0.153. The van der Waals surface area contributed by atoms with E-state index in [0.717, 1.165) is 21.3 Å². The number of nitrogens with zero attached hydrogens (tertiary/aromatic N) is 2. The van der Waals surface area contributed by atoms with Gasteiger partial charge < -0.3 is 0 Å². The minimum absolute atomic E-state index is 0.153. The molecule has 0 saturated heterocycles. The fourth-order valence-corrected chi connectivity index (χ4v) is 3.23. The van der Waals surface area contributed by atoms with Crippen LogP contribution in [0.5, 0.6) is 0 Å². The molecule has 0 aliphatic heterocycles. The highest BCUT2D eigenvalue weighted by Crippen LogP contribution is 2.30. The molecule has 4 rings (SSSR count). The number of hydrogen-bond donors (Lipinski definition) is 2. The van der Waals surface area contributed by atoms with Gasteiger partial charge in [0.15, 0.2) is 5.13 Å². The molecule has 0 atom stereocenters. The molecule has 0 unspecified atom stereocenters. The molecule has 0 fully saturated rings. The second-order valence-corrected chi connectivity index (χ2v) is 6.04. The molecule has 5 nitrogen and oxygen atoms in total. The first-order valence-corrected chi connectivity index (χ1v) is 7.87. The molecule has 0 aliphatic rings. The van der Waals surface area contributed by atoms with Crippen molar-refractivity contribution >= 4 is 32.6 Å². The summed E-state index contributed by atoms with van der Waals surface area (Å²) < 4.78 is 1.02. The van der Waals surface area contributed by atoms with E-state index in [1.54, 1.807) is 18.3 Å². The number of aromatic amines is 1. The molecule has 2 heterocycles. The van der Waals surface area contributed by atoms with Crippen LogP contribution in [0.4, 0.5) is 5.13 Å². The lowest BCUT2D eigenvalue weighted by Crippen LogP contribution is -2.11. The minimum atomic E-state index is -0.153. The third-order valence-electron chi connectivity index (χ3n) is 3.48. The highest BCUT2D eigenvalue weighted by molar-refractivity contribution is 7.22. The molecule has 0 radical (unpaired) electrons. The quantitative estimate of drug-likeness (QED) is 0.600. The van der Waals surface area contributed by atoms with E-state index in [-0.39, 0.29) is 5.91 Å². The number of thiazole rings is 1. The molecule has 0 saturated carbocycles. The van der Waals surface area contributed by atoms with E-state index in [1.807, 2.05) is 36.5 Å². The summed E-state index contributed by atoms with van der Waals surface area (Å²) in [5.41, 5.74) is 3.57. The zero-order valence-corrected chi connectivity index (χ0v) is 12.8. The molecule has 112 valence electrons. The second-order valence-electron chi connectivity index (χ2n) is 5.01. The van der Waals surface area contributed by atoms with Gasteiger partial charge in [0.2, 0.25) is 0 Å². The van der Waals surface area contributed by atoms with Crippen LogP contribution in [0.3, 0.4) is 0 Å². The van der Waals surface area contributed by atoms with Crippen LogP contribution in [0.1, 0.15) is 10.4 Å². The monoisotopic (exact) mass is 320 g/mol. The maximum atomic E-state index is 12.2. The number of H-pyrrole nitrogens is 1. The van der Waals surface area contributed by atoms with Crippen molar-refractivity contribution in [2.75, 3.05) is 5.32 Å². The maximum Gasteiger partial charge on any atom is 0.257 e. The molecule has 2 aromatic heterocycles. The van der Waals surface area contributed by atoms with E-state index < -0.39 is 0 Å². The Balaban J connectivity index is 1.63. The van der Waals surface area contributed by atoms with Crippen LogP contribution < -0.4 is 5.32 Å². The zero-order valence-electron chi connectivity index (χ0n) is 12.0. The Bertz CT molecular complexity index is 961. The number of nitrogens with one attached hydrogen (secondary N) is 2. The predicted octanol–water partition coefficient (Wildman–Crippen LogP) is 3.94. The van der Waals surface area contributed by atoms with Crippen molar-refractivity contribution in [3.8, 4) is 11.1 Å². The van der Waals surface area contributed by atoms with Gasteiger partial charge >= 0.3 is 0 Å². The van der Waals surface area contributed by atoms with E-state index in [0.29, 0.717) is 10.7 Å². The molecular weight excluding hydrogens is 308 g/mol. The Morgan fingerprint density at radius 1 is 1.09 bits per heavy atom. The summed E-state index contributed by atoms with van der Waals surface area (Å²) >= 11 is 1.46. The van der Waals surface area contributed by atoms with E-state index in [1.165, 1.54) is 11.3 Å². The van der Waals surface area contributed by atoms with Gasteiger partial charge in [-0.3, -0.25) is 15.2 Å². The molecule has 1 amide bonds. The number of carbonyl (C=O) groups excluding carboxylic acids is 1. The van der Waals surface area contributed by atoms with Crippen LogP contribution in [0.15, 0.2) is 60.9 Å². The van der Waals surface area contributed by atoms with Crippen molar-refractivity contribution in [1.29, 1.82) is 0 Å². The Hall–Kier alpha value is -2.99. The molecule has 4 aromatic rings. The lowest BCUT2D eigenvalue weighted by Gasteiger charge is -2.00. The van der Waals surface area contributed by atoms with Crippen LogP contribution in [0, 0.1) is 0 Å². The normalized spacial score (nSPS) is 10.8. The van der Waals surface area contributed by atoms with Gasteiger partial charge in [-0.25, -0.2) is 4.98 Å². The van der Waals surface area contributed by atoms with Gasteiger partial charge in [-0.05, 0) is 29.8 Å². The highest BCUT2D eigenvalue weighted by Gasteiger charge is 2.10. The van der Waals surface area contributed by atoms with E-state index in [9.17, 15) is 4.79 Å². The number of amides is 1. The summed E-state index contributed by atoms with van der Waals surface area (Å²) in [6.45, 7) is 0. The molecule has 0 spiro atoms. The summed E-state index contributed by atoms with van der Waals surface area (Å²) in [6.07, 6.45) is 3.63. The number of benzene rings is 2. The average Bonchev–Trinajstić information content (AvgIpc) is 3.24. The largest absolute Gasteiger partial charge is 0.298 e. The van der Waals surface area contributed by atoms with Crippen molar-refractivity contribution in [2.24, 2.45) is 0 Å². The Morgan fingerprint density at radius 3 is 2.74 bits per heavy atom. The van der Waals surface area contributed by atoms with Crippen molar-refractivity contribution in [3.63, 3.8) is 0 Å². The smallest absolute Gasteiger partial charge is 0.257 e. The van der Waals surface area contributed by atoms with Gasteiger partial charge in [0.05, 0.1) is 16.4 Å². The molecule has 0 bridgehead atoms. The van der Waals surface area contributed by atoms with Crippen molar-refractivity contribution in [2.45, 2.75) is 0 Å². The fraction of sp³-hybridized carbons (Fsp3) is 0. The van der Waals surface area contributed by atoms with Crippen LogP contribution in [0.25, 0.3) is 21.3 Å². The molecule has 0 aliphatic carbocycles. The van der Waals surface area contributed by atoms with Crippen molar-refractivity contribution in [3.05, 3.63) is 66.5 Å². The van der Waals surface area contributed by atoms with Crippen LogP contribution in [-0.2, 0) is 0 Å². The van der Waals surface area contributed by atoms with Crippen molar-refractivity contribution in [1.82, 2.24) is 15.2 Å². The maximum absolute atomic E-state index is 12.2. The van der Waals surface area contributed by atoms with Gasteiger partial charge in [0, 0.05) is 17.3 Å². The third-order valence-corrected chi connectivity index (χ3v) is 4.41. The number of hydrogen-bond acceptors (Lipinski definition) is 4. The fourth-order valence-electron chi connectivity index (χ4n) is 2.33. The molecule has 2 N–H and O–H groups in total. The minimum Gasteiger partial charge on any atom is -0.298 e. The summed E-state index contributed by atoms with van der Waals surface area (Å²) in [7, 11) is 0. The SMILES string of the molecule is O=C(Nc1nc2ccc(-c3cn[nH]c3)cc2s1)c1ccccc1. The summed E-state index contributed by atoms with van der Waals surface area (Å²) in [4.78, 5) is 16.7. The first-order chi connectivity index (χ1) is 11.3. The Kier molecular flexibility index (Phi) is 3.36. The Morgan fingerprint density at radius 2 is 1.96 bits per heavy atom. The summed E-state index contributed by atoms with van der Waals surface area (Å²) in [6, 6.07) is 15.1. The van der Waals surface area contributed by atoms with Gasteiger partial charge in [-0.1, -0.05) is 35.6 Å². The number of anilines is 1. The van der Waals surface area contributed by atoms with Crippen LogP contribution >= 0.6 is 11.3 Å². The standard InChI is InChI=1S/C17H12N4OS/c22-16(11-4-2-1-3-5-11)21-17-20-14-7-6-12(8-15(14)23-17)13-9-18-19-10-13/h1-10H,(H,18,19)(H,20,21,22). The third kappa shape index (κ3) is 2.72. The van der Waals surface area contributed by atoms with Gasteiger partial charge in [0.1, 0.15) is 0 Å². The van der Waals surface area contributed by atoms with Gasteiger partial charge in [0.25, 0.3) is 5.91 Å². The average molecular weight is 320 g/mol. The zero-order chi connectivity index (χ0) is 15.6. The number of carbonyl (C=O) groups is 1. The number of fused-ring (bicyclic) bond motifs is 1. The van der Waals surface area contributed by atoms with Crippen LogP contribution in [-0.4, -0.2) is 21.1 Å². The van der Waals surface area contributed by atoms with Crippen molar-refractivity contribution < 1.29 is 4.79 Å². The molecule has 6 heteroatoms. The Labute approximate surface area is 136 Å². The van der Waals surface area contributed by atoms with Gasteiger partial charge in [-0.15, -0.1) is 0 Å². The predicted molar refractivity (Wildman–Crippen MR) is 91.6 cm³/mol. The summed E-state index contributed by atoms with van der Waals surface area (Å²) in [5, 5.41) is 10.2. The number of rotatable bonds is 3. The van der Waals surface area contributed by atoms with E-state index in [2.05, 4.69) is 26.6 Å². The lowest BCUT2D eigenvalue weighted by molar-refractivity contribution is 0.102. The second kappa shape index (κ2) is 5.66. The van der Waals surface area contributed by atoms with Crippen LogP contribution in [0.2, 0.25) is 0 Å². The van der Waals surface area contributed by atoms with Gasteiger partial charge in [-0.2, -0.15) is 5.10 Å². The topological polar surface area (TPSA) is 70.7 Å². The molecule has 23 heavy (non-hydrogen) atoms. The first-order valence-electron chi connectivity index (χ1n) is 7.06. The van der Waals surface area contributed by atoms with E-state index >= 15 is 0 Å². The van der Waals surface area contributed by atoms with E-state index in [4.69, 9.17) is 0 Å². The first kappa shape index (κ1) is 13.7. The lowest BCUT2D eigenvalue weighted by atomic mass is 10.1. The molecular formula is C17H12N4OS.